The molecule has 0 saturated carbocycles. The van der Waals surface area contributed by atoms with Crippen molar-refractivity contribution in [1.82, 2.24) is 0 Å². The van der Waals surface area contributed by atoms with Crippen LogP contribution in [0.2, 0.25) is 0 Å². The van der Waals surface area contributed by atoms with Gasteiger partial charge in [-0.3, -0.25) is 0 Å². The van der Waals surface area contributed by atoms with Crippen molar-refractivity contribution in [1.29, 1.82) is 0 Å². The molecule has 2 nitrogen and oxygen atoms in total. The highest BCUT2D eigenvalue weighted by molar-refractivity contribution is 9.10. The van der Waals surface area contributed by atoms with Crippen molar-refractivity contribution in [3.8, 4) is 0 Å². The molecule has 0 radical (unpaired) electrons. The molecule has 0 spiro atoms. The van der Waals surface area contributed by atoms with Crippen LogP contribution < -0.4 is 10.2 Å². The molecule has 3 heteroatoms. The van der Waals surface area contributed by atoms with Gasteiger partial charge in [-0.1, -0.05) is 15.9 Å². The lowest BCUT2D eigenvalue weighted by Crippen LogP contribution is -2.39. The fraction of sp³-hybridized carbons (Fsp3) is 0.455. The molecule has 0 aliphatic carbocycles. The minimum atomic E-state index is 0.525. The Morgan fingerprint density at radius 1 is 1.57 bits per heavy atom. The summed E-state index contributed by atoms with van der Waals surface area (Å²) in [5, 5.41) is 3.49. The van der Waals surface area contributed by atoms with E-state index in [4.69, 9.17) is 0 Å². The maximum atomic E-state index is 3.49. The Morgan fingerprint density at radius 3 is 3.07 bits per heavy atom. The molecule has 1 aromatic rings. The van der Waals surface area contributed by atoms with Crippen LogP contribution in [-0.4, -0.2) is 19.1 Å². The molecule has 1 aromatic carbocycles. The second kappa shape index (κ2) is 3.81. The zero-order chi connectivity index (χ0) is 10.1. The Hall–Kier alpha value is -0.700. The van der Waals surface area contributed by atoms with Crippen molar-refractivity contribution in [3.63, 3.8) is 0 Å². The average Bonchev–Trinajstić information content (AvgIpc) is 2.15. The molecule has 1 heterocycles. The quantitative estimate of drug-likeness (QED) is 0.829. The van der Waals surface area contributed by atoms with E-state index < -0.39 is 0 Å². The van der Waals surface area contributed by atoms with Crippen LogP contribution in [-0.2, 0) is 0 Å². The summed E-state index contributed by atoms with van der Waals surface area (Å²) in [5.41, 5.74) is 2.55. The third-order valence-corrected chi connectivity index (χ3v) is 3.07. The third kappa shape index (κ3) is 1.73. The number of anilines is 2. The normalized spacial score (nSPS) is 20.2. The van der Waals surface area contributed by atoms with E-state index in [1.807, 2.05) is 0 Å². The summed E-state index contributed by atoms with van der Waals surface area (Å²) in [6.07, 6.45) is 0. The van der Waals surface area contributed by atoms with Crippen LogP contribution in [0.15, 0.2) is 22.7 Å². The largest absolute Gasteiger partial charge is 0.379 e. The van der Waals surface area contributed by atoms with Gasteiger partial charge < -0.3 is 10.2 Å². The van der Waals surface area contributed by atoms with Crippen LogP contribution in [0, 0.1) is 0 Å². The number of rotatable bonds is 1. The third-order valence-electron chi connectivity index (χ3n) is 2.58. The number of likely N-dealkylation sites (N-methyl/N-ethyl adjacent to an activating group) is 1. The number of nitrogens with zero attached hydrogens (tertiary/aromatic N) is 1. The van der Waals surface area contributed by atoms with Gasteiger partial charge in [0.1, 0.15) is 0 Å². The Kier molecular flexibility index (Phi) is 2.68. The zero-order valence-electron chi connectivity index (χ0n) is 8.55. The predicted molar refractivity (Wildman–Crippen MR) is 65.1 cm³/mol. The van der Waals surface area contributed by atoms with Gasteiger partial charge in [-0.2, -0.15) is 0 Å². The summed E-state index contributed by atoms with van der Waals surface area (Å²) in [5.74, 6) is 0. The Balaban J connectivity index is 2.40. The average molecular weight is 255 g/mol. The molecule has 0 fully saturated rings. The molecule has 14 heavy (non-hydrogen) atoms. The molecule has 0 saturated heterocycles. The summed E-state index contributed by atoms with van der Waals surface area (Å²) in [4.78, 5) is 2.41. The molecule has 1 atom stereocenters. The lowest BCUT2D eigenvalue weighted by molar-refractivity contribution is 0.703. The number of nitrogens with one attached hydrogen (secondary N) is 1. The first kappa shape index (κ1) is 9.84. The van der Waals surface area contributed by atoms with Gasteiger partial charge in [-0.25, -0.2) is 0 Å². The van der Waals surface area contributed by atoms with E-state index in [1.54, 1.807) is 0 Å². The van der Waals surface area contributed by atoms with E-state index in [9.17, 15) is 0 Å². The Labute approximate surface area is 93.4 Å². The topological polar surface area (TPSA) is 15.3 Å². The molecular formula is C11H15BrN2. The molecule has 0 aromatic heterocycles. The zero-order valence-corrected chi connectivity index (χ0v) is 10.1. The molecule has 1 aliphatic rings. The second-order valence-electron chi connectivity index (χ2n) is 3.75. The van der Waals surface area contributed by atoms with Crippen molar-refractivity contribution >= 4 is 27.3 Å². The minimum absolute atomic E-state index is 0.525. The van der Waals surface area contributed by atoms with E-state index in [0.29, 0.717) is 6.04 Å². The van der Waals surface area contributed by atoms with Gasteiger partial charge in [-0.15, -0.1) is 0 Å². The summed E-state index contributed by atoms with van der Waals surface area (Å²) in [6, 6.07) is 6.94. The summed E-state index contributed by atoms with van der Waals surface area (Å²) >= 11 is 3.49. The van der Waals surface area contributed by atoms with Gasteiger partial charge in [0.15, 0.2) is 0 Å². The number of hydrogen-bond acceptors (Lipinski definition) is 2. The van der Waals surface area contributed by atoms with Crippen LogP contribution in [0.4, 0.5) is 11.4 Å². The fourth-order valence-corrected chi connectivity index (χ4v) is 2.30. The minimum Gasteiger partial charge on any atom is -0.379 e. The molecule has 1 aliphatic heterocycles. The Morgan fingerprint density at radius 2 is 2.36 bits per heavy atom. The summed E-state index contributed by atoms with van der Waals surface area (Å²) in [7, 11) is 0. The van der Waals surface area contributed by atoms with Crippen molar-refractivity contribution in [3.05, 3.63) is 22.7 Å². The summed E-state index contributed by atoms with van der Waals surface area (Å²) in [6.45, 7) is 6.57. The lowest BCUT2D eigenvalue weighted by atomic mass is 10.1. The number of benzene rings is 1. The molecular weight excluding hydrogens is 240 g/mol. The monoisotopic (exact) mass is 254 g/mol. The predicted octanol–water partition coefficient (Wildman–Crippen LogP) is 3.09. The fourth-order valence-electron chi connectivity index (χ4n) is 1.94. The van der Waals surface area contributed by atoms with Crippen LogP contribution in [0.5, 0.6) is 0 Å². The highest BCUT2D eigenvalue weighted by Crippen LogP contribution is 2.32. The maximum absolute atomic E-state index is 3.49. The van der Waals surface area contributed by atoms with Crippen molar-refractivity contribution < 1.29 is 0 Å². The number of halogens is 1. The van der Waals surface area contributed by atoms with E-state index in [-0.39, 0.29) is 0 Å². The highest BCUT2D eigenvalue weighted by atomic mass is 79.9. The smallest absolute Gasteiger partial charge is 0.0603 e. The van der Waals surface area contributed by atoms with Crippen molar-refractivity contribution in [2.45, 2.75) is 19.9 Å². The van der Waals surface area contributed by atoms with Crippen molar-refractivity contribution in [2.75, 3.05) is 23.3 Å². The van der Waals surface area contributed by atoms with Crippen LogP contribution >= 0.6 is 15.9 Å². The molecule has 76 valence electrons. The van der Waals surface area contributed by atoms with Crippen LogP contribution in [0.3, 0.4) is 0 Å². The van der Waals surface area contributed by atoms with Gasteiger partial charge in [0.05, 0.1) is 11.4 Å². The Bertz CT molecular complexity index is 338. The first-order chi connectivity index (χ1) is 6.70. The molecule has 1 N–H and O–H groups in total. The van der Waals surface area contributed by atoms with Gasteiger partial charge in [0, 0.05) is 23.6 Å². The van der Waals surface area contributed by atoms with Crippen LogP contribution in [0.1, 0.15) is 13.8 Å². The molecule has 2 rings (SSSR count). The number of fused-ring (bicyclic) bond motifs is 1. The summed E-state index contributed by atoms with van der Waals surface area (Å²) < 4.78 is 1.13. The molecule has 0 amide bonds. The van der Waals surface area contributed by atoms with Crippen molar-refractivity contribution in [2.24, 2.45) is 0 Å². The lowest BCUT2D eigenvalue weighted by Gasteiger charge is -2.35. The second-order valence-corrected chi connectivity index (χ2v) is 4.66. The molecule has 0 bridgehead atoms. The maximum Gasteiger partial charge on any atom is 0.0603 e. The first-order valence-corrected chi connectivity index (χ1v) is 5.81. The van der Waals surface area contributed by atoms with Gasteiger partial charge in [0.2, 0.25) is 0 Å². The van der Waals surface area contributed by atoms with E-state index >= 15 is 0 Å². The first-order valence-electron chi connectivity index (χ1n) is 5.01. The van der Waals surface area contributed by atoms with Crippen LogP contribution in [0.25, 0.3) is 0 Å². The molecule has 1 unspecified atom stereocenters. The highest BCUT2D eigenvalue weighted by Gasteiger charge is 2.19. The number of hydrogen-bond donors (Lipinski definition) is 1. The standard InChI is InChI=1S/C11H15BrN2/c1-3-14-7-8(2)13-10-6-9(12)4-5-11(10)14/h4-6,8,13H,3,7H2,1-2H3. The van der Waals surface area contributed by atoms with Gasteiger partial charge in [-0.05, 0) is 32.0 Å². The van der Waals surface area contributed by atoms with Gasteiger partial charge in [0.25, 0.3) is 0 Å². The van der Waals surface area contributed by atoms with E-state index in [2.05, 4.69) is 58.2 Å². The SMILES string of the molecule is CCN1CC(C)Nc2cc(Br)ccc21. The van der Waals surface area contributed by atoms with Gasteiger partial charge >= 0.3 is 0 Å². The van der Waals surface area contributed by atoms with E-state index in [0.717, 1.165) is 17.6 Å². The van der Waals surface area contributed by atoms with E-state index in [1.165, 1.54) is 11.4 Å².